The lowest BCUT2D eigenvalue weighted by Crippen LogP contribution is -2.25. The monoisotopic (exact) mass is 307 g/mol. The summed E-state index contributed by atoms with van der Waals surface area (Å²) in [7, 11) is -3.77. The normalized spacial score (nSPS) is 12.2. The first kappa shape index (κ1) is 15.5. The van der Waals surface area contributed by atoms with E-state index in [9.17, 15) is 17.6 Å². The summed E-state index contributed by atoms with van der Waals surface area (Å²) in [6.45, 7) is -0.397. The molecule has 0 spiro atoms. The zero-order valence-corrected chi connectivity index (χ0v) is 11.2. The topological polar surface area (TPSA) is 83.5 Å². The number of rotatable bonds is 5. The Morgan fingerprint density at radius 3 is 2.68 bits per heavy atom. The molecule has 2 N–H and O–H groups in total. The minimum Gasteiger partial charge on any atom is -0.465 e. The van der Waals surface area contributed by atoms with Gasteiger partial charge in [-0.2, -0.15) is 0 Å². The van der Waals surface area contributed by atoms with Crippen molar-refractivity contribution in [2.24, 2.45) is 0 Å². The van der Waals surface area contributed by atoms with Crippen molar-refractivity contribution in [3.63, 3.8) is 0 Å². The molecule has 0 bridgehead atoms. The number of hydrogen-bond acceptors (Lipinski definition) is 3. The Labute approximate surface area is 114 Å². The predicted molar refractivity (Wildman–Crippen MR) is 68.7 cm³/mol. The van der Waals surface area contributed by atoms with Crippen molar-refractivity contribution in [1.29, 1.82) is 0 Å². The fraction of sp³-hybridized carbons (Fsp3) is 0.182. The van der Waals surface area contributed by atoms with Crippen LogP contribution in [0.1, 0.15) is 0 Å². The molecule has 0 saturated carbocycles. The number of hydrogen-bond donors (Lipinski definition) is 2. The molecule has 5 nitrogen and oxygen atoms in total. The third kappa shape index (κ3) is 4.88. The summed E-state index contributed by atoms with van der Waals surface area (Å²) in [6.07, 6.45) is -1.28. The number of benzene rings is 1. The summed E-state index contributed by atoms with van der Waals surface area (Å²) in [6, 6.07) is 5.56. The summed E-state index contributed by atoms with van der Waals surface area (Å²) in [5.74, 6) is -0.621. The maximum absolute atomic E-state index is 12.5. The molecule has 0 saturated heterocycles. The smallest absolute Gasteiger partial charge is 0.404 e. The van der Waals surface area contributed by atoms with E-state index in [-0.39, 0.29) is 21.8 Å². The van der Waals surface area contributed by atoms with Crippen LogP contribution in [0.25, 0.3) is 0 Å². The highest BCUT2D eigenvalue weighted by atomic mass is 35.5. The molecule has 1 aromatic carbocycles. The Hall–Kier alpha value is -1.60. The highest BCUT2D eigenvalue weighted by Crippen LogP contribution is 2.18. The van der Waals surface area contributed by atoms with Crippen molar-refractivity contribution in [3.8, 4) is 0 Å². The second-order valence-corrected chi connectivity index (χ2v) is 6.07. The lowest BCUT2D eigenvalue weighted by molar-refractivity contribution is 0.195. The Kier molecular flexibility index (Phi) is 5.31. The van der Waals surface area contributed by atoms with Gasteiger partial charge < -0.3 is 10.4 Å². The van der Waals surface area contributed by atoms with Gasteiger partial charge in [0.25, 0.3) is 0 Å². The quantitative estimate of drug-likeness (QED) is 0.874. The minimum atomic E-state index is -3.77. The van der Waals surface area contributed by atoms with Crippen molar-refractivity contribution >= 4 is 27.5 Å². The third-order valence-electron chi connectivity index (χ3n) is 2.15. The van der Waals surface area contributed by atoms with Crippen LogP contribution >= 0.6 is 11.6 Å². The van der Waals surface area contributed by atoms with Gasteiger partial charge in [-0.15, -0.1) is 0 Å². The van der Waals surface area contributed by atoms with Gasteiger partial charge in [0.15, 0.2) is 9.84 Å². The van der Waals surface area contributed by atoms with E-state index in [1.54, 1.807) is 0 Å². The lowest BCUT2D eigenvalue weighted by Gasteiger charge is -2.07. The van der Waals surface area contributed by atoms with E-state index in [2.05, 4.69) is 0 Å². The van der Waals surface area contributed by atoms with Gasteiger partial charge in [0.2, 0.25) is 0 Å². The van der Waals surface area contributed by atoms with Gasteiger partial charge >= 0.3 is 6.09 Å². The van der Waals surface area contributed by atoms with Crippen molar-refractivity contribution in [3.05, 3.63) is 41.2 Å². The predicted octanol–water partition coefficient (Wildman–Crippen LogP) is 2.23. The highest BCUT2D eigenvalue weighted by molar-refractivity contribution is 7.91. The van der Waals surface area contributed by atoms with Crippen molar-refractivity contribution < 1.29 is 22.7 Å². The van der Waals surface area contributed by atoms with Crippen LogP contribution in [0.2, 0.25) is 5.02 Å². The average molecular weight is 308 g/mol. The van der Waals surface area contributed by atoms with E-state index in [1.165, 1.54) is 24.3 Å². The van der Waals surface area contributed by atoms with E-state index in [4.69, 9.17) is 16.7 Å². The fourth-order valence-electron chi connectivity index (χ4n) is 1.30. The van der Waals surface area contributed by atoms with Crippen molar-refractivity contribution in [1.82, 2.24) is 5.32 Å². The molecular formula is C11H11ClFNO4S. The zero-order chi connectivity index (χ0) is 14.5. The number of nitrogens with one attached hydrogen (secondary N) is 1. The van der Waals surface area contributed by atoms with Crippen LogP contribution in [0.4, 0.5) is 9.18 Å². The molecular weight excluding hydrogens is 297 g/mol. The van der Waals surface area contributed by atoms with E-state index in [1.807, 2.05) is 5.32 Å². The maximum atomic E-state index is 12.5. The van der Waals surface area contributed by atoms with Gasteiger partial charge in [0.1, 0.15) is 0 Å². The standard InChI is InChI=1S/C11H11ClFNO4S/c12-9-2-1-3-10(4-9)19(17,18)7-8(5-13)6-14-11(15)16/h1-5,14H,6-7H2,(H,15,16)/b8-5+. The molecule has 1 amide bonds. The first-order valence-corrected chi connectivity index (χ1v) is 7.11. The summed E-state index contributed by atoms with van der Waals surface area (Å²) >= 11 is 5.68. The first-order valence-electron chi connectivity index (χ1n) is 5.08. The number of carboxylic acid groups (broad SMARTS) is 1. The van der Waals surface area contributed by atoms with Crippen molar-refractivity contribution in [2.75, 3.05) is 12.3 Å². The number of sulfone groups is 1. The molecule has 0 aliphatic heterocycles. The summed E-state index contributed by atoms with van der Waals surface area (Å²) in [5, 5.41) is 10.5. The Morgan fingerprint density at radius 1 is 1.47 bits per heavy atom. The maximum Gasteiger partial charge on any atom is 0.404 e. The SMILES string of the molecule is O=C(O)NC/C(=C\F)CS(=O)(=O)c1cccc(Cl)c1. The fourth-order valence-corrected chi connectivity index (χ4v) is 2.97. The number of carbonyl (C=O) groups is 1. The van der Waals surface area contributed by atoms with Gasteiger partial charge in [0.05, 0.1) is 17.0 Å². The van der Waals surface area contributed by atoms with Crippen LogP contribution in [0.5, 0.6) is 0 Å². The van der Waals surface area contributed by atoms with Gasteiger partial charge in [-0.1, -0.05) is 17.7 Å². The molecule has 1 aromatic rings. The van der Waals surface area contributed by atoms with Crippen LogP contribution in [0, 0.1) is 0 Å². The summed E-state index contributed by atoms with van der Waals surface area (Å²) in [4.78, 5) is 10.2. The minimum absolute atomic E-state index is 0.0466. The molecule has 19 heavy (non-hydrogen) atoms. The Bertz CT molecular complexity index is 600. The average Bonchev–Trinajstić information content (AvgIpc) is 2.34. The van der Waals surface area contributed by atoms with Gasteiger partial charge in [-0.25, -0.2) is 17.6 Å². The molecule has 104 valence electrons. The molecule has 8 heteroatoms. The molecule has 0 atom stereocenters. The van der Waals surface area contributed by atoms with Crippen LogP contribution in [-0.4, -0.2) is 31.9 Å². The Balaban J connectivity index is 2.87. The molecule has 0 aliphatic rings. The van der Waals surface area contributed by atoms with E-state index in [0.717, 1.165) is 0 Å². The molecule has 1 rings (SSSR count). The van der Waals surface area contributed by atoms with Crippen molar-refractivity contribution in [2.45, 2.75) is 4.90 Å². The van der Waals surface area contributed by atoms with Crippen LogP contribution in [0.15, 0.2) is 41.1 Å². The first-order chi connectivity index (χ1) is 8.85. The molecule has 0 heterocycles. The number of amides is 1. The summed E-state index contributed by atoms with van der Waals surface area (Å²) in [5.41, 5.74) is -0.192. The second-order valence-electron chi connectivity index (χ2n) is 3.64. The zero-order valence-electron chi connectivity index (χ0n) is 9.64. The van der Waals surface area contributed by atoms with E-state index in [0.29, 0.717) is 0 Å². The molecule has 0 aromatic heterocycles. The van der Waals surface area contributed by atoms with Gasteiger partial charge in [0, 0.05) is 11.6 Å². The lowest BCUT2D eigenvalue weighted by atomic mass is 10.3. The van der Waals surface area contributed by atoms with Crippen LogP contribution in [0.3, 0.4) is 0 Å². The molecule has 0 fully saturated rings. The molecule has 0 aliphatic carbocycles. The largest absolute Gasteiger partial charge is 0.465 e. The molecule has 0 radical (unpaired) electrons. The van der Waals surface area contributed by atoms with E-state index < -0.39 is 28.2 Å². The molecule has 0 unspecified atom stereocenters. The second kappa shape index (κ2) is 6.53. The third-order valence-corrected chi connectivity index (χ3v) is 4.11. The van der Waals surface area contributed by atoms with E-state index >= 15 is 0 Å². The van der Waals surface area contributed by atoms with Gasteiger partial charge in [-0.3, -0.25) is 0 Å². The van der Waals surface area contributed by atoms with Crippen LogP contribution < -0.4 is 5.32 Å². The highest BCUT2D eigenvalue weighted by Gasteiger charge is 2.17. The Morgan fingerprint density at radius 2 is 2.16 bits per heavy atom. The van der Waals surface area contributed by atoms with Gasteiger partial charge in [-0.05, 0) is 23.8 Å². The van der Waals surface area contributed by atoms with Crippen LogP contribution in [-0.2, 0) is 9.84 Å². The number of halogens is 2. The summed E-state index contributed by atoms with van der Waals surface area (Å²) < 4.78 is 36.5.